The topological polar surface area (TPSA) is 12.4 Å². The lowest BCUT2D eigenvalue weighted by Crippen LogP contribution is -2.10. The van der Waals surface area contributed by atoms with Crippen LogP contribution in [0.1, 0.15) is 19.8 Å². The van der Waals surface area contributed by atoms with Gasteiger partial charge in [0, 0.05) is 24.3 Å². The molecule has 1 nitrogen and oxygen atoms in total. The Morgan fingerprint density at radius 2 is 2.62 bits per heavy atom. The van der Waals surface area contributed by atoms with Crippen LogP contribution in [0.15, 0.2) is 16.3 Å². The molecule has 1 heterocycles. The quantitative estimate of drug-likeness (QED) is 0.447. The van der Waals surface area contributed by atoms with Gasteiger partial charge < -0.3 is 0 Å². The fraction of sp³-hybridized carbons (Fsp3) is 0.571. The van der Waals surface area contributed by atoms with Gasteiger partial charge in [0.1, 0.15) is 0 Å². The van der Waals surface area contributed by atoms with E-state index in [0.717, 1.165) is 12.3 Å². The summed E-state index contributed by atoms with van der Waals surface area (Å²) in [6, 6.07) is 0. The molecule has 0 saturated heterocycles. The van der Waals surface area contributed by atoms with Gasteiger partial charge in [-0.25, -0.2) is 0 Å². The molecule has 1 aliphatic heterocycles. The molecule has 0 bridgehead atoms. The Bertz CT molecular complexity index is 177. The molecule has 1 heteroatoms. The van der Waals surface area contributed by atoms with Crippen molar-refractivity contribution in [2.75, 3.05) is 0 Å². The van der Waals surface area contributed by atoms with E-state index < -0.39 is 0 Å². The predicted molar refractivity (Wildman–Crippen MR) is 33.9 cm³/mol. The van der Waals surface area contributed by atoms with Gasteiger partial charge in [0.05, 0.1) is 0 Å². The zero-order valence-corrected chi connectivity index (χ0v) is 5.02. The van der Waals surface area contributed by atoms with E-state index in [0.29, 0.717) is 0 Å². The van der Waals surface area contributed by atoms with Crippen LogP contribution in [0.25, 0.3) is 0 Å². The molecule has 0 fully saturated rings. The van der Waals surface area contributed by atoms with E-state index in [9.17, 15) is 0 Å². The maximum absolute atomic E-state index is 4.24. The number of hydrogen-bond acceptors (Lipinski definition) is 1. The molecule has 0 N–H and O–H groups in total. The van der Waals surface area contributed by atoms with Gasteiger partial charge in [-0.1, -0.05) is 6.92 Å². The Hall–Kier alpha value is -0.590. The van der Waals surface area contributed by atoms with Crippen molar-refractivity contribution in [3.8, 4) is 0 Å². The van der Waals surface area contributed by atoms with E-state index in [1.165, 1.54) is 12.1 Å². The normalized spacial score (nSPS) is 32.9. The van der Waals surface area contributed by atoms with Gasteiger partial charge in [-0.15, -0.1) is 0 Å². The fourth-order valence-corrected chi connectivity index (χ4v) is 1.45. The lowest BCUT2D eigenvalue weighted by Gasteiger charge is -2.22. The van der Waals surface area contributed by atoms with Crippen molar-refractivity contribution in [3.05, 3.63) is 11.3 Å². The zero-order valence-electron chi connectivity index (χ0n) is 5.02. The summed E-state index contributed by atoms with van der Waals surface area (Å²) >= 11 is 0. The third-order valence-electron chi connectivity index (χ3n) is 1.95. The zero-order chi connectivity index (χ0) is 5.56. The summed E-state index contributed by atoms with van der Waals surface area (Å²) in [6.07, 6.45) is 4.46. The molecular weight excluding hydrogens is 98.1 g/mol. The van der Waals surface area contributed by atoms with Crippen molar-refractivity contribution in [1.29, 1.82) is 0 Å². The number of aliphatic imine (C=N–C) groups is 1. The maximum Gasteiger partial charge on any atom is 0.0427 e. The molecule has 0 radical (unpaired) electrons. The lowest BCUT2D eigenvalue weighted by atomic mass is 9.84. The van der Waals surface area contributed by atoms with E-state index in [1.54, 1.807) is 5.57 Å². The minimum absolute atomic E-state index is 0.767. The summed E-state index contributed by atoms with van der Waals surface area (Å²) in [4.78, 5) is 4.24. The summed E-state index contributed by atoms with van der Waals surface area (Å²) in [6.45, 7) is 2.24. The third-order valence-corrected chi connectivity index (χ3v) is 1.95. The van der Waals surface area contributed by atoms with Gasteiger partial charge in [0.2, 0.25) is 0 Å². The molecule has 2 aliphatic rings. The Morgan fingerprint density at radius 1 is 1.75 bits per heavy atom. The van der Waals surface area contributed by atoms with E-state index in [2.05, 4.69) is 11.9 Å². The highest BCUT2D eigenvalue weighted by atomic mass is 14.8. The number of nitrogens with zero attached hydrogens (tertiary/aromatic N) is 1. The molecule has 0 spiro atoms. The predicted octanol–water partition coefficient (Wildman–Crippen LogP) is 1.75. The average Bonchev–Trinajstić information content (AvgIpc) is 2.09. The first-order chi connectivity index (χ1) is 3.88. The lowest BCUT2D eigenvalue weighted by molar-refractivity contribution is 0.581. The maximum atomic E-state index is 4.24. The first-order valence-corrected chi connectivity index (χ1v) is 3.12. The van der Waals surface area contributed by atoms with Gasteiger partial charge in [0.25, 0.3) is 0 Å². The Labute approximate surface area is 49.1 Å². The minimum Gasteiger partial charge on any atom is -0.265 e. The summed E-state index contributed by atoms with van der Waals surface area (Å²) < 4.78 is 0. The Morgan fingerprint density at radius 3 is 3.12 bits per heavy atom. The molecule has 0 aromatic heterocycles. The van der Waals surface area contributed by atoms with Crippen LogP contribution in [0.4, 0.5) is 0 Å². The molecule has 1 atom stereocenters. The van der Waals surface area contributed by atoms with Crippen LogP contribution in [-0.4, -0.2) is 6.21 Å². The largest absolute Gasteiger partial charge is 0.265 e. The van der Waals surface area contributed by atoms with Crippen molar-refractivity contribution >= 4 is 6.21 Å². The summed E-state index contributed by atoms with van der Waals surface area (Å²) in [5.74, 6) is 0.767. The van der Waals surface area contributed by atoms with Crippen LogP contribution in [0.5, 0.6) is 0 Å². The van der Waals surface area contributed by atoms with Gasteiger partial charge in [0.15, 0.2) is 0 Å². The van der Waals surface area contributed by atoms with Crippen molar-refractivity contribution in [2.24, 2.45) is 10.9 Å². The Balaban J connectivity index is 2.34. The van der Waals surface area contributed by atoms with Crippen LogP contribution >= 0.6 is 0 Å². The standard InChI is InChI=1S/C7H9N/c1-5-4-6-2-3-8-7(5)6/h3,5H,2,4H2,1H3. The van der Waals surface area contributed by atoms with Gasteiger partial charge >= 0.3 is 0 Å². The molecule has 0 aromatic carbocycles. The molecule has 0 saturated carbocycles. The highest BCUT2D eigenvalue weighted by Crippen LogP contribution is 2.39. The van der Waals surface area contributed by atoms with E-state index in [-0.39, 0.29) is 0 Å². The van der Waals surface area contributed by atoms with E-state index in [4.69, 9.17) is 0 Å². The second-order valence-electron chi connectivity index (χ2n) is 2.61. The van der Waals surface area contributed by atoms with Crippen molar-refractivity contribution in [1.82, 2.24) is 0 Å². The van der Waals surface area contributed by atoms with E-state index >= 15 is 0 Å². The van der Waals surface area contributed by atoms with Crippen molar-refractivity contribution in [2.45, 2.75) is 19.8 Å². The molecule has 0 aromatic rings. The third kappa shape index (κ3) is 0.347. The van der Waals surface area contributed by atoms with Gasteiger partial charge in [-0.05, 0) is 12.0 Å². The highest BCUT2D eigenvalue weighted by molar-refractivity contribution is 5.69. The monoisotopic (exact) mass is 107 g/mol. The van der Waals surface area contributed by atoms with Crippen LogP contribution in [0, 0.1) is 5.92 Å². The Kier molecular flexibility index (Phi) is 0.655. The summed E-state index contributed by atoms with van der Waals surface area (Å²) in [5, 5.41) is 0. The summed E-state index contributed by atoms with van der Waals surface area (Å²) in [5.41, 5.74) is 2.96. The first kappa shape index (κ1) is 4.30. The fourth-order valence-electron chi connectivity index (χ4n) is 1.45. The number of allylic oxidation sites excluding steroid dienone is 2. The molecule has 0 amide bonds. The highest BCUT2D eigenvalue weighted by Gasteiger charge is 2.26. The average molecular weight is 107 g/mol. The second kappa shape index (κ2) is 1.22. The van der Waals surface area contributed by atoms with Crippen LogP contribution in [0.2, 0.25) is 0 Å². The number of rotatable bonds is 0. The SMILES string of the molecule is CC1CC2=C1N=CC2. The van der Waals surface area contributed by atoms with Gasteiger partial charge in [-0.2, -0.15) is 0 Å². The van der Waals surface area contributed by atoms with Crippen LogP contribution < -0.4 is 0 Å². The first-order valence-electron chi connectivity index (χ1n) is 3.12. The minimum atomic E-state index is 0.767. The molecule has 42 valence electrons. The van der Waals surface area contributed by atoms with Crippen molar-refractivity contribution < 1.29 is 0 Å². The van der Waals surface area contributed by atoms with Crippen LogP contribution in [0.3, 0.4) is 0 Å². The van der Waals surface area contributed by atoms with Crippen LogP contribution in [-0.2, 0) is 0 Å². The molecular formula is C7H9N. The summed E-state index contributed by atoms with van der Waals surface area (Å²) in [7, 11) is 0. The molecule has 2 rings (SSSR count). The van der Waals surface area contributed by atoms with E-state index in [1.807, 2.05) is 6.21 Å². The molecule has 1 unspecified atom stereocenters. The smallest absolute Gasteiger partial charge is 0.0427 e. The van der Waals surface area contributed by atoms with Gasteiger partial charge in [-0.3, -0.25) is 4.99 Å². The molecule has 1 aliphatic carbocycles. The van der Waals surface area contributed by atoms with Crippen molar-refractivity contribution in [3.63, 3.8) is 0 Å². The second-order valence-corrected chi connectivity index (χ2v) is 2.61. The number of hydrogen-bond donors (Lipinski definition) is 0. The molecule has 8 heavy (non-hydrogen) atoms.